The van der Waals surface area contributed by atoms with E-state index < -0.39 is 23.5 Å². The number of ether oxygens (including phenoxy) is 1. The first-order valence-corrected chi connectivity index (χ1v) is 12.7. The van der Waals surface area contributed by atoms with Gasteiger partial charge in [0.2, 0.25) is 0 Å². The standard InChI is InChI=1S/C28H21FN4O4S/c1-3-37-18-11-12-19-20(14-18)38-28(31-19)33-24(16-7-9-17(29)10-8-16)22(26(35)27(33)36)25(34)23-15(2)30-21-6-4-5-13-32(21)23/h4-14,24,34H,3H2,1-2H3. The van der Waals surface area contributed by atoms with E-state index in [1.54, 1.807) is 41.8 Å². The van der Waals surface area contributed by atoms with E-state index in [-0.39, 0.29) is 16.5 Å². The van der Waals surface area contributed by atoms with Crippen LogP contribution in [0.1, 0.15) is 29.9 Å². The summed E-state index contributed by atoms with van der Waals surface area (Å²) >= 11 is 1.22. The Morgan fingerprint density at radius 2 is 1.89 bits per heavy atom. The van der Waals surface area contributed by atoms with Crippen LogP contribution in [0.3, 0.4) is 0 Å². The van der Waals surface area contributed by atoms with Gasteiger partial charge in [-0.3, -0.25) is 18.9 Å². The summed E-state index contributed by atoms with van der Waals surface area (Å²) in [6.07, 6.45) is 1.72. The topological polar surface area (TPSA) is 97.0 Å². The SMILES string of the molecule is CCOc1ccc2nc(N3C(=O)C(=O)C(=C(O)c4c(C)nc5ccccn45)C3c3ccc(F)cc3)sc2c1. The summed E-state index contributed by atoms with van der Waals surface area (Å²) in [4.78, 5) is 37.4. The third-order valence-electron chi connectivity index (χ3n) is 6.42. The number of aromatic nitrogens is 3. The van der Waals surface area contributed by atoms with Gasteiger partial charge in [-0.05, 0) is 61.9 Å². The van der Waals surface area contributed by atoms with Crippen LogP contribution in [0.25, 0.3) is 21.6 Å². The summed E-state index contributed by atoms with van der Waals surface area (Å²) in [5.41, 5.74) is 2.33. The quantitative estimate of drug-likeness (QED) is 0.186. The lowest BCUT2D eigenvalue weighted by Gasteiger charge is -2.23. The van der Waals surface area contributed by atoms with Gasteiger partial charge in [0, 0.05) is 6.20 Å². The second-order valence-corrected chi connectivity index (χ2v) is 9.76. The number of carbonyl (C=O) groups is 2. The van der Waals surface area contributed by atoms with Gasteiger partial charge in [-0.15, -0.1) is 0 Å². The van der Waals surface area contributed by atoms with Crippen molar-refractivity contribution in [1.82, 2.24) is 14.4 Å². The number of halogens is 1. The van der Waals surface area contributed by atoms with Crippen LogP contribution in [0.15, 0.2) is 72.4 Å². The Morgan fingerprint density at radius 3 is 2.66 bits per heavy atom. The van der Waals surface area contributed by atoms with Crippen LogP contribution in [0.5, 0.6) is 5.75 Å². The maximum Gasteiger partial charge on any atom is 0.301 e. The summed E-state index contributed by atoms with van der Waals surface area (Å²) in [5.74, 6) is -1.87. The number of carbonyl (C=O) groups excluding carboxylic acids is 2. The number of pyridine rings is 1. The first-order chi connectivity index (χ1) is 18.4. The zero-order valence-electron chi connectivity index (χ0n) is 20.4. The van der Waals surface area contributed by atoms with Crippen LogP contribution < -0.4 is 9.64 Å². The predicted molar refractivity (Wildman–Crippen MR) is 142 cm³/mol. The molecule has 0 saturated carbocycles. The van der Waals surface area contributed by atoms with Crippen molar-refractivity contribution in [2.75, 3.05) is 11.5 Å². The summed E-state index contributed by atoms with van der Waals surface area (Å²) in [5, 5.41) is 11.9. The van der Waals surface area contributed by atoms with Crippen molar-refractivity contribution in [2.45, 2.75) is 19.9 Å². The van der Waals surface area contributed by atoms with Crippen LogP contribution in [0.4, 0.5) is 9.52 Å². The number of anilines is 1. The van der Waals surface area contributed by atoms with Crippen molar-refractivity contribution >= 4 is 49.8 Å². The van der Waals surface area contributed by atoms with Gasteiger partial charge in [0.15, 0.2) is 10.9 Å². The molecule has 3 aromatic heterocycles. The van der Waals surface area contributed by atoms with E-state index in [0.29, 0.717) is 40.5 Å². The number of hydrogen-bond acceptors (Lipinski definition) is 7. The molecule has 0 aliphatic carbocycles. The van der Waals surface area contributed by atoms with Crippen LogP contribution >= 0.6 is 11.3 Å². The van der Waals surface area contributed by atoms with Gasteiger partial charge >= 0.3 is 5.91 Å². The van der Waals surface area contributed by atoms with Gasteiger partial charge in [-0.1, -0.05) is 29.5 Å². The second kappa shape index (κ2) is 9.07. The molecule has 1 fully saturated rings. The molecular formula is C28H21FN4O4S. The number of benzene rings is 2. The normalized spacial score (nSPS) is 17.1. The maximum atomic E-state index is 13.9. The molecule has 1 amide bonds. The number of nitrogens with zero attached hydrogens (tertiary/aromatic N) is 4. The number of aliphatic hydroxyl groups excluding tert-OH is 1. The zero-order chi connectivity index (χ0) is 26.6. The lowest BCUT2D eigenvalue weighted by Crippen LogP contribution is -2.29. The van der Waals surface area contributed by atoms with E-state index in [2.05, 4.69) is 9.97 Å². The highest BCUT2D eigenvalue weighted by atomic mass is 32.1. The number of Topliss-reactive ketones (excluding diaryl/α,β-unsaturated/α-hetero) is 1. The Morgan fingerprint density at radius 1 is 1.11 bits per heavy atom. The molecule has 1 aliphatic rings. The third-order valence-corrected chi connectivity index (χ3v) is 7.44. The number of imidazole rings is 1. The van der Waals surface area contributed by atoms with Gasteiger partial charge in [0.1, 0.15) is 22.9 Å². The fourth-order valence-electron chi connectivity index (χ4n) is 4.77. The lowest BCUT2D eigenvalue weighted by molar-refractivity contribution is -0.132. The molecule has 190 valence electrons. The molecule has 38 heavy (non-hydrogen) atoms. The van der Waals surface area contributed by atoms with E-state index in [0.717, 1.165) is 4.70 Å². The molecule has 0 bridgehead atoms. The minimum atomic E-state index is -1.03. The zero-order valence-corrected chi connectivity index (χ0v) is 21.2. The molecule has 1 atom stereocenters. The monoisotopic (exact) mass is 528 g/mol. The van der Waals surface area contributed by atoms with Crippen molar-refractivity contribution < 1.29 is 23.8 Å². The summed E-state index contributed by atoms with van der Waals surface area (Å²) in [6.45, 7) is 4.10. The summed E-state index contributed by atoms with van der Waals surface area (Å²) in [6, 6.07) is 15.2. The van der Waals surface area contributed by atoms with Crippen LogP contribution in [0, 0.1) is 12.7 Å². The van der Waals surface area contributed by atoms with Crippen molar-refractivity contribution in [3.8, 4) is 5.75 Å². The number of thiazole rings is 1. The minimum absolute atomic E-state index is 0.121. The van der Waals surface area contributed by atoms with Crippen molar-refractivity contribution in [2.24, 2.45) is 0 Å². The number of fused-ring (bicyclic) bond motifs is 2. The van der Waals surface area contributed by atoms with Crippen molar-refractivity contribution in [1.29, 1.82) is 0 Å². The molecule has 2 aromatic carbocycles. The van der Waals surface area contributed by atoms with Crippen molar-refractivity contribution in [3.63, 3.8) is 0 Å². The molecule has 1 saturated heterocycles. The smallest absolute Gasteiger partial charge is 0.301 e. The molecule has 0 spiro atoms. The van der Waals surface area contributed by atoms with Crippen molar-refractivity contribution in [3.05, 3.63) is 95.2 Å². The Kier molecular flexibility index (Phi) is 5.68. The molecule has 1 N–H and O–H groups in total. The minimum Gasteiger partial charge on any atom is -0.505 e. The highest BCUT2D eigenvalue weighted by Crippen LogP contribution is 2.45. The first-order valence-electron chi connectivity index (χ1n) is 11.9. The summed E-state index contributed by atoms with van der Waals surface area (Å²) in [7, 11) is 0. The van der Waals surface area contributed by atoms with Crippen LogP contribution in [-0.4, -0.2) is 37.8 Å². The van der Waals surface area contributed by atoms with E-state index >= 15 is 0 Å². The number of rotatable bonds is 5. The number of aryl methyl sites for hydroxylation is 1. The fraction of sp³-hybridized carbons (Fsp3) is 0.143. The lowest BCUT2D eigenvalue weighted by atomic mass is 9.96. The van der Waals surface area contributed by atoms with Gasteiger partial charge < -0.3 is 9.84 Å². The second-order valence-electron chi connectivity index (χ2n) is 8.75. The predicted octanol–water partition coefficient (Wildman–Crippen LogP) is 5.42. The average Bonchev–Trinajstić information content (AvgIpc) is 3.55. The third kappa shape index (κ3) is 3.72. The number of hydrogen-bond donors (Lipinski definition) is 1. The average molecular weight is 529 g/mol. The number of ketones is 1. The molecular weight excluding hydrogens is 507 g/mol. The van der Waals surface area contributed by atoms with Crippen LogP contribution in [-0.2, 0) is 9.59 Å². The highest BCUT2D eigenvalue weighted by molar-refractivity contribution is 7.22. The fourth-order valence-corrected chi connectivity index (χ4v) is 5.79. The van der Waals surface area contributed by atoms with Crippen LogP contribution in [0.2, 0.25) is 0 Å². The Balaban J connectivity index is 1.57. The van der Waals surface area contributed by atoms with E-state index in [9.17, 15) is 19.1 Å². The van der Waals surface area contributed by atoms with Gasteiger partial charge in [0.05, 0.1) is 34.1 Å². The molecule has 4 heterocycles. The summed E-state index contributed by atoms with van der Waals surface area (Å²) < 4.78 is 21.9. The highest BCUT2D eigenvalue weighted by Gasteiger charge is 2.48. The first kappa shape index (κ1) is 23.8. The molecule has 0 radical (unpaired) electrons. The van der Waals surface area contributed by atoms with E-state index in [1.165, 1.54) is 40.5 Å². The van der Waals surface area contributed by atoms with E-state index in [1.807, 2.05) is 19.1 Å². The molecule has 6 rings (SSSR count). The van der Waals surface area contributed by atoms with E-state index in [4.69, 9.17) is 4.74 Å². The molecule has 1 unspecified atom stereocenters. The van der Waals surface area contributed by atoms with Gasteiger partial charge in [0.25, 0.3) is 5.78 Å². The molecule has 8 nitrogen and oxygen atoms in total. The Labute approximate surface area is 220 Å². The van der Waals surface area contributed by atoms with Gasteiger partial charge in [-0.25, -0.2) is 14.4 Å². The van der Waals surface area contributed by atoms with Gasteiger partial charge in [-0.2, -0.15) is 0 Å². The largest absolute Gasteiger partial charge is 0.505 e. The molecule has 5 aromatic rings. The molecule has 1 aliphatic heterocycles. The number of amides is 1. The number of aliphatic hydroxyl groups is 1. The molecule has 10 heteroatoms. The Hall–Kier alpha value is -4.57. The Bertz CT molecular complexity index is 1770. The maximum absolute atomic E-state index is 13.9.